The molecule has 3 N–H and O–H groups in total. The molecule has 0 spiro atoms. The lowest BCUT2D eigenvalue weighted by Gasteiger charge is -2.45. The maximum Gasteiger partial charge on any atom is 0.273 e. The third-order valence-corrected chi connectivity index (χ3v) is 4.16. The van der Waals surface area contributed by atoms with Crippen LogP contribution in [0.15, 0.2) is 18.2 Å². The molecule has 1 atom stereocenters. The Morgan fingerprint density at radius 3 is 2.63 bits per heavy atom. The molecule has 3 aliphatic rings. The molecule has 3 aliphatic heterocycles. The molecule has 0 amide bonds. The number of nitrogens with zero attached hydrogens (tertiary/aromatic N) is 2. The summed E-state index contributed by atoms with van der Waals surface area (Å²) in [5.74, 6) is 0.672. The minimum absolute atomic E-state index is 0.0452. The van der Waals surface area contributed by atoms with Gasteiger partial charge >= 0.3 is 0 Å². The van der Waals surface area contributed by atoms with Crippen molar-refractivity contribution in [3.8, 4) is 0 Å². The number of nitro groups is 1. The minimum Gasteiger partial charge on any atom is -0.398 e. The van der Waals surface area contributed by atoms with Crippen LogP contribution in [0, 0.1) is 16.0 Å². The zero-order valence-electron chi connectivity index (χ0n) is 10.7. The fourth-order valence-corrected chi connectivity index (χ4v) is 3.17. The van der Waals surface area contributed by atoms with Gasteiger partial charge in [-0.1, -0.05) is 0 Å². The van der Waals surface area contributed by atoms with Crippen molar-refractivity contribution in [2.75, 3.05) is 30.7 Å². The first kappa shape index (κ1) is 12.2. The zero-order chi connectivity index (χ0) is 13.4. The second-order valence-electron chi connectivity index (χ2n) is 5.46. The maximum atomic E-state index is 10.8. The van der Waals surface area contributed by atoms with Crippen molar-refractivity contribution in [1.29, 1.82) is 0 Å². The van der Waals surface area contributed by atoms with Crippen LogP contribution in [0.4, 0.5) is 17.1 Å². The molecule has 0 saturated carbocycles. The Labute approximate surface area is 111 Å². The van der Waals surface area contributed by atoms with Gasteiger partial charge < -0.3 is 16.0 Å². The SMILES string of the molecule is Nc1cc(NC2CN3CCC2CC3)cc([N+](=O)[O-])c1. The summed E-state index contributed by atoms with van der Waals surface area (Å²) in [6.07, 6.45) is 2.42. The lowest BCUT2D eigenvalue weighted by molar-refractivity contribution is -0.384. The summed E-state index contributed by atoms with van der Waals surface area (Å²) in [5.41, 5.74) is 6.95. The monoisotopic (exact) mass is 262 g/mol. The highest BCUT2D eigenvalue weighted by molar-refractivity contribution is 5.62. The van der Waals surface area contributed by atoms with Gasteiger partial charge in [-0.3, -0.25) is 10.1 Å². The van der Waals surface area contributed by atoms with Gasteiger partial charge in [-0.15, -0.1) is 0 Å². The standard InChI is InChI=1S/C13H18N4O2/c14-10-5-11(7-12(6-10)17(18)19)15-13-8-16-3-1-9(13)2-4-16/h5-7,9,13,15H,1-4,8,14H2. The summed E-state index contributed by atoms with van der Waals surface area (Å²) >= 11 is 0. The first-order valence-corrected chi connectivity index (χ1v) is 6.65. The zero-order valence-corrected chi connectivity index (χ0v) is 10.7. The summed E-state index contributed by atoms with van der Waals surface area (Å²) in [5, 5.41) is 14.3. The van der Waals surface area contributed by atoms with Gasteiger partial charge in [0.2, 0.25) is 0 Å². The molecular formula is C13H18N4O2. The van der Waals surface area contributed by atoms with E-state index in [1.807, 2.05) is 0 Å². The average Bonchev–Trinajstić information content (AvgIpc) is 2.39. The molecule has 1 unspecified atom stereocenters. The van der Waals surface area contributed by atoms with Crippen molar-refractivity contribution in [2.24, 2.45) is 5.92 Å². The van der Waals surface area contributed by atoms with Crippen LogP contribution in [0.2, 0.25) is 0 Å². The molecule has 0 radical (unpaired) electrons. The summed E-state index contributed by atoms with van der Waals surface area (Å²) in [6, 6.07) is 5.10. The molecule has 4 rings (SSSR count). The van der Waals surface area contributed by atoms with E-state index in [1.54, 1.807) is 12.1 Å². The molecule has 1 aromatic rings. The fourth-order valence-electron chi connectivity index (χ4n) is 3.17. The molecule has 6 nitrogen and oxygen atoms in total. The summed E-state index contributed by atoms with van der Waals surface area (Å²) in [6.45, 7) is 3.38. The fraction of sp³-hybridized carbons (Fsp3) is 0.538. The smallest absolute Gasteiger partial charge is 0.273 e. The van der Waals surface area contributed by atoms with E-state index in [4.69, 9.17) is 5.73 Å². The van der Waals surface area contributed by atoms with E-state index in [2.05, 4.69) is 10.2 Å². The average molecular weight is 262 g/mol. The molecule has 0 aliphatic carbocycles. The van der Waals surface area contributed by atoms with Crippen LogP contribution in [0.3, 0.4) is 0 Å². The van der Waals surface area contributed by atoms with Gasteiger partial charge in [0, 0.05) is 36.1 Å². The Morgan fingerprint density at radius 1 is 1.32 bits per heavy atom. The minimum atomic E-state index is -0.405. The van der Waals surface area contributed by atoms with E-state index < -0.39 is 4.92 Å². The number of nitrogens with one attached hydrogen (secondary N) is 1. The van der Waals surface area contributed by atoms with Gasteiger partial charge in [-0.05, 0) is 37.9 Å². The molecule has 3 fully saturated rings. The second kappa shape index (κ2) is 4.70. The van der Waals surface area contributed by atoms with Gasteiger partial charge in [0.25, 0.3) is 5.69 Å². The number of anilines is 2. The van der Waals surface area contributed by atoms with E-state index in [1.165, 1.54) is 32.0 Å². The van der Waals surface area contributed by atoms with Gasteiger partial charge in [-0.25, -0.2) is 0 Å². The van der Waals surface area contributed by atoms with E-state index in [0.717, 1.165) is 12.2 Å². The highest BCUT2D eigenvalue weighted by atomic mass is 16.6. The third-order valence-electron chi connectivity index (χ3n) is 4.16. The van der Waals surface area contributed by atoms with E-state index in [9.17, 15) is 10.1 Å². The van der Waals surface area contributed by atoms with Crippen LogP contribution in [-0.2, 0) is 0 Å². The summed E-state index contributed by atoms with van der Waals surface area (Å²) in [4.78, 5) is 12.9. The Kier molecular flexibility index (Phi) is 3.02. The molecular weight excluding hydrogens is 244 g/mol. The number of non-ortho nitro benzene ring substituents is 1. The molecule has 3 saturated heterocycles. The Balaban J connectivity index is 1.78. The van der Waals surface area contributed by atoms with Crippen LogP contribution >= 0.6 is 0 Å². The van der Waals surface area contributed by atoms with E-state index >= 15 is 0 Å². The normalized spacial score (nSPS) is 29.2. The Morgan fingerprint density at radius 2 is 2.05 bits per heavy atom. The van der Waals surface area contributed by atoms with Gasteiger partial charge in [0.15, 0.2) is 0 Å². The molecule has 19 heavy (non-hydrogen) atoms. The van der Waals surface area contributed by atoms with Crippen LogP contribution < -0.4 is 11.1 Å². The molecule has 102 valence electrons. The van der Waals surface area contributed by atoms with Crippen LogP contribution in [0.1, 0.15) is 12.8 Å². The highest BCUT2D eigenvalue weighted by Crippen LogP contribution is 2.31. The number of fused-ring (bicyclic) bond motifs is 3. The topological polar surface area (TPSA) is 84.4 Å². The number of nitrogens with two attached hydrogens (primary N) is 1. The quantitative estimate of drug-likeness (QED) is 0.492. The Bertz CT molecular complexity index is 497. The molecule has 2 bridgehead atoms. The van der Waals surface area contributed by atoms with Crippen LogP contribution in [0.5, 0.6) is 0 Å². The lowest BCUT2D eigenvalue weighted by Crippen LogP contribution is -2.53. The summed E-state index contributed by atoms with van der Waals surface area (Å²) < 4.78 is 0. The van der Waals surface area contributed by atoms with Crippen molar-refractivity contribution in [3.05, 3.63) is 28.3 Å². The number of rotatable bonds is 3. The van der Waals surface area contributed by atoms with Gasteiger partial charge in [0.1, 0.15) is 0 Å². The predicted octanol–water partition coefficient (Wildman–Crippen LogP) is 1.68. The Hall–Kier alpha value is -1.82. The first-order chi connectivity index (χ1) is 9.11. The maximum absolute atomic E-state index is 10.8. The summed E-state index contributed by atoms with van der Waals surface area (Å²) in [7, 11) is 0. The largest absolute Gasteiger partial charge is 0.398 e. The van der Waals surface area contributed by atoms with E-state index in [-0.39, 0.29) is 5.69 Å². The van der Waals surface area contributed by atoms with Crippen molar-refractivity contribution < 1.29 is 4.92 Å². The van der Waals surface area contributed by atoms with Crippen LogP contribution in [-0.4, -0.2) is 35.5 Å². The molecule has 6 heteroatoms. The number of benzene rings is 1. The van der Waals surface area contributed by atoms with Crippen molar-refractivity contribution in [2.45, 2.75) is 18.9 Å². The van der Waals surface area contributed by atoms with E-state index in [0.29, 0.717) is 17.6 Å². The number of piperidine rings is 3. The van der Waals surface area contributed by atoms with Crippen LogP contribution in [0.25, 0.3) is 0 Å². The lowest BCUT2D eigenvalue weighted by atomic mass is 9.84. The molecule has 1 aromatic carbocycles. The van der Waals surface area contributed by atoms with Gasteiger partial charge in [-0.2, -0.15) is 0 Å². The van der Waals surface area contributed by atoms with Crippen molar-refractivity contribution in [3.63, 3.8) is 0 Å². The van der Waals surface area contributed by atoms with Crippen molar-refractivity contribution in [1.82, 2.24) is 4.90 Å². The number of hydrogen-bond donors (Lipinski definition) is 2. The second-order valence-corrected chi connectivity index (χ2v) is 5.46. The number of hydrogen-bond acceptors (Lipinski definition) is 5. The van der Waals surface area contributed by atoms with Gasteiger partial charge in [0.05, 0.1) is 4.92 Å². The first-order valence-electron chi connectivity index (χ1n) is 6.65. The highest BCUT2D eigenvalue weighted by Gasteiger charge is 2.34. The predicted molar refractivity (Wildman–Crippen MR) is 74.1 cm³/mol. The van der Waals surface area contributed by atoms with Crippen molar-refractivity contribution >= 4 is 17.1 Å². The third kappa shape index (κ3) is 2.49. The number of nitro benzene ring substituents is 1. The number of nitrogen functional groups attached to an aromatic ring is 1. The molecule has 0 aromatic heterocycles. The molecule has 3 heterocycles.